The van der Waals surface area contributed by atoms with Gasteiger partial charge >= 0.3 is 0 Å². The topological polar surface area (TPSA) is 72.4 Å². The van der Waals surface area contributed by atoms with Crippen molar-refractivity contribution in [2.24, 2.45) is 5.10 Å². The predicted molar refractivity (Wildman–Crippen MR) is 70.8 cm³/mol. The average Bonchev–Trinajstić information content (AvgIpc) is 2.97. The summed E-state index contributed by atoms with van der Waals surface area (Å²) in [6.45, 7) is 5.71. The van der Waals surface area contributed by atoms with Crippen molar-refractivity contribution in [3.05, 3.63) is 41.6 Å². The fourth-order valence-electron chi connectivity index (χ4n) is 1.69. The van der Waals surface area contributed by atoms with Gasteiger partial charge in [0.2, 0.25) is 0 Å². The van der Waals surface area contributed by atoms with E-state index in [1.165, 1.54) is 0 Å². The molecule has 6 heteroatoms. The van der Waals surface area contributed by atoms with Crippen LogP contribution in [0.3, 0.4) is 0 Å². The van der Waals surface area contributed by atoms with E-state index in [2.05, 4.69) is 15.6 Å². The number of aromatic nitrogens is 2. The first-order valence-corrected chi connectivity index (χ1v) is 5.94. The summed E-state index contributed by atoms with van der Waals surface area (Å²) in [6, 6.07) is 5.47. The largest absolute Gasteiger partial charge is 0.463 e. The summed E-state index contributed by atoms with van der Waals surface area (Å²) in [6.07, 6.45) is 1.56. The minimum absolute atomic E-state index is 0.147. The van der Waals surface area contributed by atoms with Crippen LogP contribution in [0.2, 0.25) is 0 Å². The fourth-order valence-corrected chi connectivity index (χ4v) is 1.69. The third kappa shape index (κ3) is 3.31. The highest BCUT2D eigenvalue weighted by Gasteiger charge is 2.07. The lowest BCUT2D eigenvalue weighted by Gasteiger charge is -2.03. The van der Waals surface area contributed by atoms with Gasteiger partial charge in [0, 0.05) is 5.69 Å². The van der Waals surface area contributed by atoms with E-state index < -0.39 is 0 Å². The lowest BCUT2D eigenvalue weighted by Crippen LogP contribution is -2.25. The normalized spacial score (nSPS) is 11.6. The molecule has 0 aliphatic heterocycles. The smallest absolute Gasteiger partial charge is 0.261 e. The van der Waals surface area contributed by atoms with Crippen LogP contribution in [-0.4, -0.2) is 21.4 Å². The summed E-state index contributed by atoms with van der Waals surface area (Å²) in [4.78, 5) is 11.7. The monoisotopic (exact) mass is 260 g/mol. The molecule has 0 fully saturated rings. The van der Waals surface area contributed by atoms with E-state index in [9.17, 15) is 4.79 Å². The maximum atomic E-state index is 11.7. The molecule has 0 saturated carbocycles. The van der Waals surface area contributed by atoms with Crippen LogP contribution < -0.4 is 5.43 Å². The Kier molecular flexibility index (Phi) is 3.79. The maximum absolute atomic E-state index is 11.7. The summed E-state index contributed by atoms with van der Waals surface area (Å²) >= 11 is 0. The first-order chi connectivity index (χ1) is 9.06. The van der Waals surface area contributed by atoms with Crippen molar-refractivity contribution >= 4 is 11.6 Å². The molecule has 1 amide bonds. The summed E-state index contributed by atoms with van der Waals surface area (Å²) in [7, 11) is 0. The molecule has 2 aromatic heterocycles. The molecule has 0 saturated heterocycles. The van der Waals surface area contributed by atoms with Crippen LogP contribution in [0, 0.1) is 13.8 Å². The zero-order chi connectivity index (χ0) is 13.8. The SMILES string of the molecule is CC(=NNC(=O)Cn1nc(C)cc1C)c1ccco1. The van der Waals surface area contributed by atoms with Crippen molar-refractivity contribution in [1.29, 1.82) is 0 Å². The zero-order valence-corrected chi connectivity index (χ0v) is 11.2. The highest BCUT2D eigenvalue weighted by atomic mass is 16.3. The molecule has 2 heterocycles. The number of nitrogens with one attached hydrogen (secondary N) is 1. The van der Waals surface area contributed by atoms with E-state index in [-0.39, 0.29) is 12.5 Å². The van der Waals surface area contributed by atoms with Crippen LogP contribution in [0.4, 0.5) is 0 Å². The van der Waals surface area contributed by atoms with E-state index in [1.807, 2.05) is 19.9 Å². The first kappa shape index (κ1) is 13.1. The Labute approximate surface area is 111 Å². The summed E-state index contributed by atoms with van der Waals surface area (Å²) in [5.74, 6) is 0.406. The Morgan fingerprint density at radius 3 is 2.89 bits per heavy atom. The number of amides is 1. The van der Waals surface area contributed by atoms with Gasteiger partial charge in [-0.15, -0.1) is 0 Å². The van der Waals surface area contributed by atoms with Gasteiger partial charge in [0.25, 0.3) is 5.91 Å². The number of hydrogen-bond donors (Lipinski definition) is 1. The Hall–Kier alpha value is -2.37. The van der Waals surface area contributed by atoms with Gasteiger partial charge in [-0.25, -0.2) is 5.43 Å². The molecule has 0 radical (unpaired) electrons. The Morgan fingerprint density at radius 1 is 1.53 bits per heavy atom. The van der Waals surface area contributed by atoms with Crippen molar-refractivity contribution in [2.75, 3.05) is 0 Å². The lowest BCUT2D eigenvalue weighted by molar-refractivity contribution is -0.121. The minimum atomic E-state index is -0.225. The third-order valence-electron chi connectivity index (χ3n) is 2.62. The molecular weight excluding hydrogens is 244 g/mol. The van der Waals surface area contributed by atoms with Gasteiger partial charge in [0.05, 0.1) is 12.0 Å². The van der Waals surface area contributed by atoms with Gasteiger partial charge in [-0.2, -0.15) is 10.2 Å². The average molecular weight is 260 g/mol. The van der Waals surface area contributed by atoms with E-state index in [0.29, 0.717) is 11.5 Å². The molecule has 6 nitrogen and oxygen atoms in total. The molecule has 0 atom stereocenters. The molecule has 0 spiro atoms. The van der Waals surface area contributed by atoms with E-state index in [1.54, 1.807) is 30.0 Å². The van der Waals surface area contributed by atoms with Crippen molar-refractivity contribution in [1.82, 2.24) is 15.2 Å². The molecule has 0 bridgehead atoms. The highest BCUT2D eigenvalue weighted by Crippen LogP contribution is 2.02. The second-order valence-corrected chi connectivity index (χ2v) is 4.29. The van der Waals surface area contributed by atoms with Crippen molar-refractivity contribution in [3.8, 4) is 0 Å². The number of furan rings is 1. The van der Waals surface area contributed by atoms with Crippen molar-refractivity contribution in [3.63, 3.8) is 0 Å². The van der Waals surface area contributed by atoms with E-state index >= 15 is 0 Å². The van der Waals surface area contributed by atoms with E-state index in [0.717, 1.165) is 11.4 Å². The molecular formula is C13H16N4O2. The molecule has 100 valence electrons. The maximum Gasteiger partial charge on any atom is 0.261 e. The number of hydrogen-bond acceptors (Lipinski definition) is 4. The number of aryl methyl sites for hydroxylation is 2. The standard InChI is InChI=1S/C13H16N4O2/c1-9-7-10(2)17(16-9)8-13(18)15-14-11(3)12-5-4-6-19-12/h4-7H,8H2,1-3H3,(H,15,18). The van der Waals surface area contributed by atoms with E-state index in [4.69, 9.17) is 4.42 Å². The van der Waals surface area contributed by atoms with Crippen LogP contribution in [-0.2, 0) is 11.3 Å². The number of rotatable bonds is 4. The molecule has 19 heavy (non-hydrogen) atoms. The zero-order valence-electron chi connectivity index (χ0n) is 11.2. The van der Waals surface area contributed by atoms with Crippen molar-refractivity contribution < 1.29 is 9.21 Å². The Morgan fingerprint density at radius 2 is 2.32 bits per heavy atom. The molecule has 0 aliphatic rings. The second-order valence-electron chi connectivity index (χ2n) is 4.29. The summed E-state index contributed by atoms with van der Waals surface area (Å²) in [5, 5.41) is 8.20. The van der Waals surface area contributed by atoms with Crippen LogP contribution in [0.1, 0.15) is 24.1 Å². The lowest BCUT2D eigenvalue weighted by atomic mass is 10.3. The van der Waals surface area contributed by atoms with Crippen LogP contribution in [0.15, 0.2) is 34.0 Å². The number of hydrazone groups is 1. The Bertz CT molecular complexity index is 596. The third-order valence-corrected chi connectivity index (χ3v) is 2.62. The fraction of sp³-hybridized carbons (Fsp3) is 0.308. The Balaban J connectivity index is 1.95. The van der Waals surface area contributed by atoms with Crippen LogP contribution in [0.5, 0.6) is 0 Å². The van der Waals surface area contributed by atoms with Gasteiger partial charge in [-0.1, -0.05) is 0 Å². The highest BCUT2D eigenvalue weighted by molar-refractivity contribution is 5.96. The quantitative estimate of drug-likeness (QED) is 0.671. The number of carbonyl (C=O) groups excluding carboxylic acids is 1. The van der Waals surface area contributed by atoms with Gasteiger partial charge in [0.1, 0.15) is 18.0 Å². The predicted octanol–water partition coefficient (Wildman–Crippen LogP) is 1.63. The van der Waals surface area contributed by atoms with Gasteiger partial charge in [-0.05, 0) is 39.0 Å². The van der Waals surface area contributed by atoms with Crippen LogP contribution >= 0.6 is 0 Å². The minimum Gasteiger partial charge on any atom is -0.463 e. The number of carbonyl (C=O) groups is 1. The number of nitrogens with zero attached hydrogens (tertiary/aromatic N) is 3. The molecule has 0 unspecified atom stereocenters. The molecule has 0 aromatic carbocycles. The molecule has 2 rings (SSSR count). The second kappa shape index (κ2) is 5.51. The summed E-state index contributed by atoms with van der Waals surface area (Å²) < 4.78 is 6.81. The molecule has 0 aliphatic carbocycles. The first-order valence-electron chi connectivity index (χ1n) is 5.94. The molecule has 1 N–H and O–H groups in total. The van der Waals surface area contributed by atoms with Gasteiger partial charge < -0.3 is 4.42 Å². The van der Waals surface area contributed by atoms with Gasteiger partial charge in [0.15, 0.2) is 0 Å². The van der Waals surface area contributed by atoms with Crippen LogP contribution in [0.25, 0.3) is 0 Å². The van der Waals surface area contributed by atoms with Crippen molar-refractivity contribution in [2.45, 2.75) is 27.3 Å². The summed E-state index contributed by atoms with van der Waals surface area (Å²) in [5.41, 5.74) is 4.93. The van der Waals surface area contributed by atoms with Gasteiger partial charge in [-0.3, -0.25) is 9.48 Å². The molecule has 2 aromatic rings.